The van der Waals surface area contributed by atoms with Crippen molar-refractivity contribution in [1.29, 1.82) is 0 Å². The van der Waals surface area contributed by atoms with Crippen LogP contribution in [0.1, 0.15) is 18.1 Å². The van der Waals surface area contributed by atoms with Crippen LogP contribution in [0.15, 0.2) is 36.4 Å². The predicted octanol–water partition coefficient (Wildman–Crippen LogP) is 3.95. The van der Waals surface area contributed by atoms with Crippen LogP contribution in [0.2, 0.25) is 5.02 Å². The number of para-hydroxylation sites is 1. The highest BCUT2D eigenvalue weighted by Crippen LogP contribution is 2.32. The van der Waals surface area contributed by atoms with Crippen molar-refractivity contribution in [2.45, 2.75) is 20.1 Å². The first kappa shape index (κ1) is 15.6. The summed E-state index contributed by atoms with van der Waals surface area (Å²) in [6.07, 6.45) is 0. The summed E-state index contributed by atoms with van der Waals surface area (Å²) in [5.41, 5.74) is 1.14. The van der Waals surface area contributed by atoms with E-state index in [0.717, 1.165) is 0 Å². The summed E-state index contributed by atoms with van der Waals surface area (Å²) in [5.74, 6) is 0.609. The monoisotopic (exact) mass is 310 g/mol. The van der Waals surface area contributed by atoms with Crippen LogP contribution in [0.4, 0.5) is 4.39 Å². The summed E-state index contributed by atoms with van der Waals surface area (Å²) < 4.78 is 24.4. The quantitative estimate of drug-likeness (QED) is 0.878. The Labute approximate surface area is 127 Å². The molecule has 0 saturated carbocycles. The smallest absolute Gasteiger partial charge is 0.167 e. The van der Waals surface area contributed by atoms with Crippen molar-refractivity contribution in [3.63, 3.8) is 0 Å². The van der Waals surface area contributed by atoms with Gasteiger partial charge in [0.2, 0.25) is 0 Å². The van der Waals surface area contributed by atoms with Gasteiger partial charge in [-0.3, -0.25) is 0 Å². The van der Waals surface area contributed by atoms with E-state index in [4.69, 9.17) is 21.1 Å². The van der Waals surface area contributed by atoms with E-state index in [1.807, 2.05) is 6.92 Å². The van der Waals surface area contributed by atoms with E-state index in [1.54, 1.807) is 18.2 Å². The number of aliphatic hydroxyl groups excluding tert-OH is 1. The minimum atomic E-state index is -0.376. The van der Waals surface area contributed by atoms with E-state index in [-0.39, 0.29) is 19.0 Å². The molecule has 112 valence electrons. The molecule has 0 spiro atoms. The first-order chi connectivity index (χ1) is 10.2. The van der Waals surface area contributed by atoms with Crippen molar-refractivity contribution in [1.82, 2.24) is 0 Å². The molecule has 5 heteroatoms. The Balaban J connectivity index is 2.24. The minimum absolute atomic E-state index is 0.0910. The molecule has 2 aromatic rings. The van der Waals surface area contributed by atoms with E-state index < -0.39 is 0 Å². The fourth-order valence-electron chi connectivity index (χ4n) is 1.92. The molecule has 0 atom stereocenters. The molecule has 0 aliphatic heterocycles. The largest absolute Gasteiger partial charge is 0.490 e. The third kappa shape index (κ3) is 3.86. The molecule has 3 nitrogen and oxygen atoms in total. The second kappa shape index (κ2) is 7.29. The molecule has 0 amide bonds. The fraction of sp³-hybridized carbons (Fsp3) is 0.250. The number of benzene rings is 2. The molecule has 0 saturated heterocycles. The number of aliphatic hydroxyl groups is 1. The van der Waals surface area contributed by atoms with Crippen molar-refractivity contribution in [3.05, 3.63) is 58.4 Å². The third-order valence-corrected chi connectivity index (χ3v) is 3.28. The molecule has 2 rings (SSSR count). The van der Waals surface area contributed by atoms with Gasteiger partial charge in [0.05, 0.1) is 13.2 Å². The molecule has 0 unspecified atom stereocenters. The van der Waals surface area contributed by atoms with Gasteiger partial charge in [0.15, 0.2) is 11.5 Å². The standard InChI is InChI=1S/C16H16ClFO3/c1-2-20-15-5-3-4-11(9-19)16(15)21-10-12-8-13(18)6-7-14(12)17/h3-8,19H,2,9-10H2,1H3. The number of ether oxygens (including phenoxy) is 2. The van der Waals surface area contributed by atoms with Gasteiger partial charge in [-0.05, 0) is 31.2 Å². The van der Waals surface area contributed by atoms with E-state index >= 15 is 0 Å². The Morgan fingerprint density at radius 2 is 1.95 bits per heavy atom. The average Bonchev–Trinajstić information content (AvgIpc) is 2.49. The number of rotatable bonds is 6. The summed E-state index contributed by atoms with van der Waals surface area (Å²) >= 11 is 6.01. The van der Waals surface area contributed by atoms with Crippen molar-refractivity contribution in [2.24, 2.45) is 0 Å². The molecule has 0 radical (unpaired) electrons. The topological polar surface area (TPSA) is 38.7 Å². The SMILES string of the molecule is CCOc1cccc(CO)c1OCc1cc(F)ccc1Cl. The highest BCUT2D eigenvalue weighted by atomic mass is 35.5. The lowest BCUT2D eigenvalue weighted by Crippen LogP contribution is -2.03. The molecule has 0 fully saturated rings. The van der Waals surface area contributed by atoms with E-state index in [1.165, 1.54) is 18.2 Å². The Hall–Kier alpha value is -1.78. The predicted molar refractivity (Wildman–Crippen MR) is 79.3 cm³/mol. The lowest BCUT2D eigenvalue weighted by molar-refractivity contribution is 0.243. The molecule has 21 heavy (non-hydrogen) atoms. The Morgan fingerprint density at radius 1 is 1.14 bits per heavy atom. The van der Waals surface area contributed by atoms with E-state index in [9.17, 15) is 9.50 Å². The molecule has 0 heterocycles. The molecular weight excluding hydrogens is 295 g/mol. The van der Waals surface area contributed by atoms with Crippen LogP contribution in [-0.2, 0) is 13.2 Å². The maximum atomic E-state index is 13.2. The van der Waals surface area contributed by atoms with E-state index in [2.05, 4.69) is 0 Å². The fourth-order valence-corrected chi connectivity index (χ4v) is 2.09. The first-order valence-corrected chi connectivity index (χ1v) is 6.95. The number of halogens is 2. The van der Waals surface area contributed by atoms with Crippen molar-refractivity contribution in [3.8, 4) is 11.5 Å². The summed E-state index contributed by atoms with van der Waals surface area (Å²) in [6.45, 7) is 2.26. The Morgan fingerprint density at radius 3 is 2.67 bits per heavy atom. The second-order valence-corrected chi connectivity index (χ2v) is 4.77. The Bertz CT molecular complexity index is 616. The highest BCUT2D eigenvalue weighted by Gasteiger charge is 2.12. The van der Waals surface area contributed by atoms with Crippen LogP contribution >= 0.6 is 11.6 Å². The molecular formula is C16H16ClFO3. The normalized spacial score (nSPS) is 10.5. The average molecular weight is 311 g/mol. The van der Waals surface area contributed by atoms with Gasteiger partial charge in [-0.25, -0.2) is 4.39 Å². The molecule has 2 aromatic carbocycles. The zero-order chi connectivity index (χ0) is 15.2. The second-order valence-electron chi connectivity index (χ2n) is 4.36. The Kier molecular flexibility index (Phi) is 5.42. The molecule has 0 aliphatic rings. The lowest BCUT2D eigenvalue weighted by atomic mass is 10.2. The van der Waals surface area contributed by atoms with Crippen LogP contribution in [0.5, 0.6) is 11.5 Å². The van der Waals surface area contributed by atoms with Gasteiger partial charge in [-0.2, -0.15) is 0 Å². The molecule has 0 aromatic heterocycles. The summed E-state index contributed by atoms with van der Waals surface area (Å²) in [7, 11) is 0. The van der Waals surface area contributed by atoms with Crippen LogP contribution in [-0.4, -0.2) is 11.7 Å². The first-order valence-electron chi connectivity index (χ1n) is 6.58. The number of hydrogen-bond acceptors (Lipinski definition) is 3. The van der Waals surface area contributed by atoms with Crippen LogP contribution in [0.3, 0.4) is 0 Å². The minimum Gasteiger partial charge on any atom is -0.490 e. The van der Waals surface area contributed by atoms with E-state index in [0.29, 0.717) is 34.3 Å². The van der Waals surface area contributed by atoms with Crippen molar-refractivity contribution in [2.75, 3.05) is 6.61 Å². The van der Waals surface area contributed by atoms with Crippen molar-refractivity contribution >= 4 is 11.6 Å². The summed E-state index contributed by atoms with van der Waals surface area (Å²) in [6, 6.07) is 9.37. The van der Waals surface area contributed by atoms with Crippen LogP contribution < -0.4 is 9.47 Å². The van der Waals surface area contributed by atoms with Gasteiger partial charge in [0, 0.05) is 16.1 Å². The van der Waals surface area contributed by atoms with Gasteiger partial charge in [-0.15, -0.1) is 0 Å². The molecule has 0 bridgehead atoms. The maximum absolute atomic E-state index is 13.2. The lowest BCUT2D eigenvalue weighted by Gasteiger charge is -2.15. The van der Waals surface area contributed by atoms with Gasteiger partial charge in [0.1, 0.15) is 12.4 Å². The summed E-state index contributed by atoms with van der Waals surface area (Å²) in [5, 5.41) is 9.81. The van der Waals surface area contributed by atoms with Gasteiger partial charge < -0.3 is 14.6 Å². The van der Waals surface area contributed by atoms with Gasteiger partial charge in [0.25, 0.3) is 0 Å². The molecule has 0 aliphatic carbocycles. The zero-order valence-electron chi connectivity index (χ0n) is 11.6. The maximum Gasteiger partial charge on any atom is 0.167 e. The highest BCUT2D eigenvalue weighted by molar-refractivity contribution is 6.31. The van der Waals surface area contributed by atoms with Crippen LogP contribution in [0.25, 0.3) is 0 Å². The third-order valence-electron chi connectivity index (χ3n) is 2.91. The van der Waals surface area contributed by atoms with Crippen LogP contribution in [0, 0.1) is 5.82 Å². The molecule has 1 N–H and O–H groups in total. The van der Waals surface area contributed by atoms with Gasteiger partial charge >= 0.3 is 0 Å². The number of hydrogen-bond donors (Lipinski definition) is 1. The van der Waals surface area contributed by atoms with Crippen molar-refractivity contribution < 1.29 is 19.0 Å². The van der Waals surface area contributed by atoms with Gasteiger partial charge in [-0.1, -0.05) is 23.7 Å². The zero-order valence-corrected chi connectivity index (χ0v) is 12.4. The summed E-state index contributed by atoms with van der Waals surface area (Å²) in [4.78, 5) is 0.